The van der Waals surface area contributed by atoms with Crippen LogP contribution in [0.1, 0.15) is 85.0 Å². The van der Waals surface area contributed by atoms with E-state index in [-0.39, 0.29) is 5.92 Å². The van der Waals surface area contributed by atoms with Crippen molar-refractivity contribution in [2.75, 3.05) is 0 Å². The quantitative estimate of drug-likeness (QED) is 0.299. The lowest BCUT2D eigenvalue weighted by molar-refractivity contribution is -0.142. The van der Waals surface area contributed by atoms with E-state index >= 15 is 0 Å². The highest BCUT2D eigenvalue weighted by atomic mass is 16.4. The summed E-state index contributed by atoms with van der Waals surface area (Å²) in [6.45, 7) is 10.2. The zero-order valence-corrected chi connectivity index (χ0v) is 14.9. The minimum Gasteiger partial charge on any atom is -0.481 e. The third kappa shape index (κ3) is 12.7. The van der Waals surface area contributed by atoms with Crippen LogP contribution in [0.4, 0.5) is 0 Å². The van der Waals surface area contributed by atoms with Gasteiger partial charge < -0.3 is 5.11 Å². The predicted octanol–water partition coefficient (Wildman–Crippen LogP) is 6.38. The lowest BCUT2D eigenvalue weighted by atomic mass is 9.90. The summed E-state index contributed by atoms with van der Waals surface area (Å²) in [5, 5.41) is 9.35. The molecule has 0 radical (unpaired) electrons. The fourth-order valence-electron chi connectivity index (χ4n) is 2.71. The summed E-state index contributed by atoms with van der Waals surface area (Å²) in [5.41, 5.74) is 1.37. The highest BCUT2D eigenvalue weighted by Gasteiger charge is 2.17. The molecule has 0 aromatic heterocycles. The molecule has 128 valence electrons. The van der Waals surface area contributed by atoms with Crippen LogP contribution in [0.5, 0.6) is 0 Å². The fraction of sp³-hybridized carbons (Fsp3) is 0.750. The third-order valence-electron chi connectivity index (χ3n) is 4.28. The van der Waals surface area contributed by atoms with E-state index in [4.69, 9.17) is 0 Å². The summed E-state index contributed by atoms with van der Waals surface area (Å²) in [6.07, 6.45) is 14.8. The van der Waals surface area contributed by atoms with Gasteiger partial charge in [-0.3, -0.25) is 4.79 Å². The van der Waals surface area contributed by atoms with Crippen LogP contribution in [0.15, 0.2) is 24.3 Å². The van der Waals surface area contributed by atoms with Crippen molar-refractivity contribution in [1.82, 2.24) is 0 Å². The van der Waals surface area contributed by atoms with Crippen molar-refractivity contribution in [2.24, 2.45) is 11.8 Å². The first kappa shape index (κ1) is 20.9. The van der Waals surface area contributed by atoms with Crippen LogP contribution >= 0.6 is 0 Å². The van der Waals surface area contributed by atoms with E-state index in [0.29, 0.717) is 5.92 Å². The molecule has 1 N–H and O–H groups in total. The van der Waals surface area contributed by atoms with Gasteiger partial charge in [-0.05, 0) is 64.7 Å². The number of rotatable bonds is 14. The molecule has 2 atom stereocenters. The van der Waals surface area contributed by atoms with Crippen molar-refractivity contribution >= 4 is 5.97 Å². The Labute approximate surface area is 137 Å². The normalized spacial score (nSPS) is 13.4. The molecular weight excluding hydrogens is 272 g/mol. The highest BCUT2D eigenvalue weighted by Crippen LogP contribution is 2.22. The molecule has 0 saturated carbocycles. The number of aliphatic carboxylic acids is 1. The molecule has 0 bridgehead atoms. The van der Waals surface area contributed by atoms with Gasteiger partial charge in [0.1, 0.15) is 0 Å². The molecule has 0 saturated heterocycles. The monoisotopic (exact) mass is 308 g/mol. The van der Waals surface area contributed by atoms with E-state index in [9.17, 15) is 9.90 Å². The van der Waals surface area contributed by atoms with Crippen LogP contribution in [0, 0.1) is 11.8 Å². The molecule has 0 aliphatic heterocycles. The first-order valence-corrected chi connectivity index (χ1v) is 8.94. The van der Waals surface area contributed by atoms with Crippen LogP contribution in [0.3, 0.4) is 0 Å². The first-order chi connectivity index (χ1) is 10.5. The number of hydrogen-bond acceptors (Lipinski definition) is 1. The fourth-order valence-corrected chi connectivity index (χ4v) is 2.71. The zero-order valence-electron chi connectivity index (χ0n) is 14.9. The Morgan fingerprint density at radius 1 is 1.00 bits per heavy atom. The molecule has 0 aromatic rings. The molecule has 0 rings (SSSR count). The Hall–Kier alpha value is -1.05. The maximum absolute atomic E-state index is 11.4. The molecule has 1 unspecified atom stereocenters. The van der Waals surface area contributed by atoms with Crippen molar-refractivity contribution in [3.05, 3.63) is 24.3 Å². The maximum atomic E-state index is 11.4. The number of carboxylic acid groups (broad SMARTS) is 1. The third-order valence-corrected chi connectivity index (χ3v) is 4.28. The predicted molar refractivity (Wildman–Crippen MR) is 96.1 cm³/mol. The molecule has 2 heteroatoms. The van der Waals surface area contributed by atoms with E-state index in [1.807, 2.05) is 6.08 Å². The van der Waals surface area contributed by atoms with Gasteiger partial charge in [-0.25, -0.2) is 0 Å². The van der Waals surface area contributed by atoms with Gasteiger partial charge >= 0.3 is 5.97 Å². The van der Waals surface area contributed by atoms with Crippen LogP contribution in [-0.4, -0.2) is 11.1 Å². The van der Waals surface area contributed by atoms with Gasteiger partial charge in [0.2, 0.25) is 0 Å². The molecule has 2 nitrogen and oxygen atoms in total. The molecule has 0 aromatic carbocycles. The zero-order chi connectivity index (χ0) is 16.8. The van der Waals surface area contributed by atoms with Crippen molar-refractivity contribution in [1.29, 1.82) is 0 Å². The van der Waals surface area contributed by atoms with Crippen molar-refractivity contribution < 1.29 is 9.90 Å². The van der Waals surface area contributed by atoms with Gasteiger partial charge in [-0.1, -0.05) is 43.9 Å². The second-order valence-corrected chi connectivity index (χ2v) is 6.86. The summed E-state index contributed by atoms with van der Waals surface area (Å²) in [4.78, 5) is 11.4. The number of allylic oxidation sites excluding steroid dienone is 3. The standard InChI is InChI=1S/C20H36O2/c1-5-6-7-8-9-10-14-19(20(21)22)16-15-18(4)13-11-12-17(2)3/h5,12,18-19H,1,6-11,13-16H2,2-4H3,(H,21,22)/t18?,19-/m1/s1. The van der Waals surface area contributed by atoms with E-state index in [1.54, 1.807) is 0 Å². The number of unbranched alkanes of at least 4 members (excludes halogenated alkanes) is 4. The van der Waals surface area contributed by atoms with E-state index in [2.05, 4.69) is 33.4 Å². The Morgan fingerprint density at radius 2 is 1.68 bits per heavy atom. The minimum absolute atomic E-state index is 0.148. The molecule has 22 heavy (non-hydrogen) atoms. The Bertz CT molecular complexity index is 327. The maximum Gasteiger partial charge on any atom is 0.306 e. The Kier molecular flexibility index (Phi) is 13.0. The summed E-state index contributed by atoms with van der Waals surface area (Å²) in [5.74, 6) is -0.141. The summed E-state index contributed by atoms with van der Waals surface area (Å²) in [6, 6.07) is 0. The Balaban J connectivity index is 3.86. The van der Waals surface area contributed by atoms with Crippen molar-refractivity contribution in [2.45, 2.75) is 85.0 Å². The molecule has 0 fully saturated rings. The highest BCUT2D eigenvalue weighted by molar-refractivity contribution is 5.69. The van der Waals surface area contributed by atoms with Crippen LogP contribution in [0.25, 0.3) is 0 Å². The molecule has 0 heterocycles. The van der Waals surface area contributed by atoms with Crippen LogP contribution in [0.2, 0.25) is 0 Å². The summed E-state index contributed by atoms with van der Waals surface area (Å²) < 4.78 is 0. The van der Waals surface area contributed by atoms with Crippen LogP contribution < -0.4 is 0 Å². The van der Waals surface area contributed by atoms with Crippen molar-refractivity contribution in [3.8, 4) is 0 Å². The lowest BCUT2D eigenvalue weighted by Gasteiger charge is -2.15. The second kappa shape index (κ2) is 13.6. The summed E-state index contributed by atoms with van der Waals surface area (Å²) >= 11 is 0. The average Bonchev–Trinajstić information content (AvgIpc) is 2.44. The topological polar surface area (TPSA) is 37.3 Å². The van der Waals surface area contributed by atoms with E-state index in [1.165, 1.54) is 24.8 Å². The molecule has 0 spiro atoms. The van der Waals surface area contributed by atoms with Gasteiger partial charge in [-0.2, -0.15) is 0 Å². The van der Waals surface area contributed by atoms with Gasteiger partial charge in [-0.15, -0.1) is 6.58 Å². The molecule has 0 aliphatic rings. The molecular formula is C20H36O2. The largest absolute Gasteiger partial charge is 0.481 e. The lowest BCUT2D eigenvalue weighted by Crippen LogP contribution is -2.15. The average molecular weight is 309 g/mol. The number of carboxylic acids is 1. The number of hydrogen-bond donors (Lipinski definition) is 1. The number of carbonyl (C=O) groups is 1. The molecule has 0 aliphatic carbocycles. The molecule has 0 amide bonds. The van der Waals surface area contributed by atoms with Gasteiger partial charge in [0.05, 0.1) is 5.92 Å². The van der Waals surface area contributed by atoms with E-state index in [0.717, 1.165) is 44.9 Å². The van der Waals surface area contributed by atoms with E-state index < -0.39 is 5.97 Å². The smallest absolute Gasteiger partial charge is 0.306 e. The second-order valence-electron chi connectivity index (χ2n) is 6.86. The Morgan fingerprint density at radius 3 is 2.27 bits per heavy atom. The minimum atomic E-state index is -0.609. The summed E-state index contributed by atoms with van der Waals surface area (Å²) in [7, 11) is 0. The van der Waals surface area contributed by atoms with Gasteiger partial charge in [0.15, 0.2) is 0 Å². The first-order valence-electron chi connectivity index (χ1n) is 8.94. The van der Waals surface area contributed by atoms with Crippen LogP contribution in [-0.2, 0) is 4.79 Å². The van der Waals surface area contributed by atoms with Gasteiger partial charge in [0, 0.05) is 0 Å². The van der Waals surface area contributed by atoms with Crippen molar-refractivity contribution in [3.63, 3.8) is 0 Å². The van der Waals surface area contributed by atoms with Gasteiger partial charge in [0.25, 0.3) is 0 Å². The SMILES string of the molecule is C=CCCCCCC[C@H](CCC(C)CCC=C(C)C)C(=O)O.